The van der Waals surface area contributed by atoms with Crippen LogP contribution in [0.15, 0.2) is 59.8 Å². The zero-order chi connectivity index (χ0) is 22.0. The van der Waals surface area contributed by atoms with Crippen molar-refractivity contribution < 1.29 is 9.18 Å². The molecule has 2 aromatic carbocycles. The van der Waals surface area contributed by atoms with Crippen molar-refractivity contribution in [3.63, 3.8) is 0 Å². The number of aryl methyl sites for hydroxylation is 1. The Morgan fingerprint density at radius 3 is 2.35 bits per heavy atom. The largest absolute Gasteiger partial charge is 0.355 e. The monoisotopic (exact) mass is 435 g/mol. The van der Waals surface area contributed by atoms with Gasteiger partial charge in [0.05, 0.1) is 16.3 Å². The van der Waals surface area contributed by atoms with Gasteiger partial charge in [-0.1, -0.05) is 29.8 Å². The van der Waals surface area contributed by atoms with Crippen molar-refractivity contribution in [2.24, 2.45) is 0 Å². The zero-order valence-electron chi connectivity index (χ0n) is 17.7. The molecule has 1 aliphatic rings. The van der Waals surface area contributed by atoms with E-state index in [1.807, 2.05) is 55.1 Å². The number of hydrogen-bond donors (Lipinski definition) is 2. The van der Waals surface area contributed by atoms with E-state index in [9.17, 15) is 9.18 Å². The third kappa shape index (κ3) is 4.74. The van der Waals surface area contributed by atoms with Crippen LogP contribution in [0, 0.1) is 19.7 Å². The van der Waals surface area contributed by atoms with Crippen molar-refractivity contribution in [1.82, 2.24) is 9.88 Å². The van der Waals surface area contributed by atoms with Crippen LogP contribution < -0.4 is 5.32 Å². The second-order valence-electron chi connectivity index (χ2n) is 8.10. The number of likely N-dealkylation sites (tertiary alicyclic amines) is 1. The Balaban J connectivity index is 1.52. The molecule has 0 atom stereocenters. The molecule has 1 fully saturated rings. The maximum atomic E-state index is 13.4. The molecule has 1 N–H and O–H groups in total. The van der Waals surface area contributed by atoms with Crippen molar-refractivity contribution in [1.29, 1.82) is 0 Å². The second kappa shape index (κ2) is 9.10. The van der Waals surface area contributed by atoms with Crippen molar-refractivity contribution >= 4 is 29.9 Å². The molecule has 0 saturated carbocycles. The molecule has 6 heteroatoms. The molecule has 2 heterocycles. The number of benzene rings is 2. The van der Waals surface area contributed by atoms with Crippen LogP contribution in [-0.4, -0.2) is 28.9 Å². The van der Waals surface area contributed by atoms with E-state index < -0.39 is 0 Å². The summed E-state index contributed by atoms with van der Waals surface area (Å²) in [6, 6.07) is 14.8. The quantitative estimate of drug-likeness (QED) is 0.502. The number of hydrogen-bond acceptors (Lipinski definition) is 4. The average molecular weight is 436 g/mol. The van der Waals surface area contributed by atoms with Crippen LogP contribution in [0.5, 0.6) is 0 Å². The summed E-state index contributed by atoms with van der Waals surface area (Å²) in [6.45, 7) is 5.28. The van der Waals surface area contributed by atoms with Crippen molar-refractivity contribution in [3.05, 3.63) is 82.8 Å². The van der Waals surface area contributed by atoms with Crippen LogP contribution in [0.25, 0.3) is 0 Å². The van der Waals surface area contributed by atoms with Gasteiger partial charge < -0.3 is 10.2 Å². The number of nitrogens with one attached hydrogen (secondary N) is 1. The number of rotatable bonds is 4. The minimum atomic E-state index is -0.222. The van der Waals surface area contributed by atoms with Gasteiger partial charge >= 0.3 is 0 Å². The van der Waals surface area contributed by atoms with E-state index in [1.165, 1.54) is 17.7 Å². The number of halogens is 1. The van der Waals surface area contributed by atoms with E-state index in [4.69, 9.17) is 0 Å². The van der Waals surface area contributed by atoms with Gasteiger partial charge in [-0.3, -0.25) is 4.79 Å². The Morgan fingerprint density at radius 2 is 1.71 bits per heavy atom. The Hall–Kier alpha value is -2.86. The average Bonchev–Trinajstić information content (AvgIpc) is 2.79. The Kier molecular flexibility index (Phi) is 6.28. The lowest BCUT2D eigenvalue weighted by molar-refractivity contribution is 0.0713. The second-order valence-corrected chi connectivity index (χ2v) is 8.53. The SMILES string of the molecule is Cc1ccc(Nc2c(C(=O)N3CCC(c4ccc(F)cc4)CC3)cnc(S)c2C)cc1. The van der Waals surface area contributed by atoms with Gasteiger partial charge in [0.15, 0.2) is 0 Å². The molecular weight excluding hydrogens is 409 g/mol. The minimum Gasteiger partial charge on any atom is -0.355 e. The number of carbonyl (C=O) groups excluding carboxylic acids is 1. The summed E-state index contributed by atoms with van der Waals surface area (Å²) >= 11 is 4.45. The molecule has 0 bridgehead atoms. The number of nitrogens with zero attached hydrogens (tertiary/aromatic N) is 2. The molecule has 1 amide bonds. The molecule has 4 nitrogen and oxygen atoms in total. The number of pyridine rings is 1. The Morgan fingerprint density at radius 1 is 1.06 bits per heavy atom. The molecule has 4 rings (SSSR count). The summed E-state index contributed by atoms with van der Waals surface area (Å²) in [5.74, 6) is 0.0889. The van der Waals surface area contributed by atoms with E-state index >= 15 is 0 Å². The van der Waals surface area contributed by atoms with Crippen molar-refractivity contribution in [3.8, 4) is 0 Å². The van der Waals surface area contributed by atoms with E-state index in [0.717, 1.165) is 35.3 Å². The highest BCUT2D eigenvalue weighted by atomic mass is 32.1. The maximum absolute atomic E-state index is 13.4. The van der Waals surface area contributed by atoms with Gasteiger partial charge in [-0.25, -0.2) is 9.37 Å². The van der Waals surface area contributed by atoms with E-state index in [1.54, 1.807) is 6.20 Å². The van der Waals surface area contributed by atoms with Crippen LogP contribution >= 0.6 is 12.6 Å². The topological polar surface area (TPSA) is 45.2 Å². The fourth-order valence-electron chi connectivity index (χ4n) is 4.03. The lowest BCUT2D eigenvalue weighted by Crippen LogP contribution is -2.38. The zero-order valence-corrected chi connectivity index (χ0v) is 18.6. The number of carbonyl (C=O) groups is 1. The van der Waals surface area contributed by atoms with Crippen molar-refractivity contribution in [2.75, 3.05) is 18.4 Å². The fraction of sp³-hybridized carbons (Fsp3) is 0.280. The molecule has 31 heavy (non-hydrogen) atoms. The highest BCUT2D eigenvalue weighted by Gasteiger charge is 2.27. The first-order chi connectivity index (χ1) is 14.9. The summed E-state index contributed by atoms with van der Waals surface area (Å²) in [5, 5.41) is 4.00. The Bertz CT molecular complexity index is 1080. The lowest BCUT2D eigenvalue weighted by Gasteiger charge is -2.33. The van der Waals surface area contributed by atoms with Crippen molar-refractivity contribution in [2.45, 2.75) is 37.6 Å². The van der Waals surface area contributed by atoms with Gasteiger partial charge in [-0.05, 0) is 62.4 Å². The van der Waals surface area contributed by atoms with Gasteiger partial charge in [0, 0.05) is 30.5 Å². The number of anilines is 2. The smallest absolute Gasteiger partial charge is 0.257 e. The third-order valence-corrected chi connectivity index (χ3v) is 6.42. The summed E-state index contributed by atoms with van der Waals surface area (Å²) in [5.41, 5.74) is 5.36. The molecule has 0 spiro atoms. The number of thiol groups is 1. The maximum Gasteiger partial charge on any atom is 0.257 e. The molecule has 1 aliphatic heterocycles. The van der Waals surface area contributed by atoms with Crippen LogP contribution in [0.3, 0.4) is 0 Å². The van der Waals surface area contributed by atoms with Crippen LogP contribution in [-0.2, 0) is 0 Å². The molecule has 160 valence electrons. The van der Waals surface area contributed by atoms with E-state index in [0.29, 0.717) is 29.6 Å². The normalized spacial score (nSPS) is 14.5. The molecule has 0 aliphatic carbocycles. The summed E-state index contributed by atoms with van der Waals surface area (Å²) < 4.78 is 13.2. The minimum absolute atomic E-state index is 0.0314. The lowest BCUT2D eigenvalue weighted by atomic mass is 9.89. The van der Waals surface area contributed by atoms with E-state index in [2.05, 4.69) is 22.9 Å². The van der Waals surface area contributed by atoms with Gasteiger partial charge in [-0.2, -0.15) is 0 Å². The standard InChI is InChI=1S/C25H26FN3OS/c1-16-3-9-21(10-4-16)28-23-17(2)24(31)27-15-22(23)25(30)29-13-11-19(12-14-29)18-5-7-20(26)8-6-18/h3-10,15,19H,11-14H2,1-2H3,(H2,27,28,31). The molecule has 1 saturated heterocycles. The van der Waals surface area contributed by atoms with Crippen LogP contribution in [0.1, 0.15) is 45.8 Å². The first-order valence-electron chi connectivity index (χ1n) is 10.5. The number of amides is 1. The summed E-state index contributed by atoms with van der Waals surface area (Å²) in [4.78, 5) is 19.6. The summed E-state index contributed by atoms with van der Waals surface area (Å²) in [7, 11) is 0. The first kappa shape index (κ1) is 21.4. The van der Waals surface area contributed by atoms with Crippen LogP contribution in [0.2, 0.25) is 0 Å². The van der Waals surface area contributed by atoms with Crippen LogP contribution in [0.4, 0.5) is 15.8 Å². The van der Waals surface area contributed by atoms with E-state index in [-0.39, 0.29) is 11.7 Å². The predicted octanol–water partition coefficient (Wildman–Crippen LogP) is 5.89. The molecule has 0 radical (unpaired) electrons. The number of piperidine rings is 1. The summed E-state index contributed by atoms with van der Waals surface area (Å²) in [6.07, 6.45) is 3.32. The Labute approximate surface area is 187 Å². The van der Waals surface area contributed by atoms with Gasteiger partial charge in [0.25, 0.3) is 5.91 Å². The first-order valence-corrected chi connectivity index (χ1v) is 10.9. The fourth-order valence-corrected chi connectivity index (χ4v) is 4.20. The van der Waals surface area contributed by atoms with Gasteiger partial charge in [0.2, 0.25) is 0 Å². The number of aromatic nitrogens is 1. The van der Waals surface area contributed by atoms with Gasteiger partial charge in [-0.15, -0.1) is 12.6 Å². The molecular formula is C25H26FN3OS. The predicted molar refractivity (Wildman–Crippen MR) is 125 cm³/mol. The molecule has 1 aromatic heterocycles. The van der Waals surface area contributed by atoms with Gasteiger partial charge in [0.1, 0.15) is 5.82 Å². The third-order valence-electron chi connectivity index (χ3n) is 5.97. The highest BCUT2D eigenvalue weighted by Crippen LogP contribution is 2.32. The highest BCUT2D eigenvalue weighted by molar-refractivity contribution is 7.80. The molecule has 3 aromatic rings. The molecule has 0 unspecified atom stereocenters.